The average molecular weight is 421 g/mol. The lowest BCUT2D eigenvalue weighted by atomic mass is 9.72. The number of Topliss-reactive ketones (excluding diaryl/α,β-unsaturated/α-hetero) is 1. The quantitative estimate of drug-likeness (QED) is 0.559. The molecule has 170 valence electrons. The smallest absolute Gasteiger partial charge is 0.161 e. The van der Waals surface area contributed by atoms with Crippen molar-refractivity contribution in [2.24, 2.45) is 5.92 Å². The van der Waals surface area contributed by atoms with Crippen LogP contribution in [-0.4, -0.2) is 47.2 Å². The minimum absolute atomic E-state index is 0.00613. The van der Waals surface area contributed by atoms with Crippen LogP contribution in [0, 0.1) is 5.92 Å². The molecular formula is C25H40O5. The number of ether oxygens (including phenoxy) is 2. The largest absolute Gasteiger partial charge is 0.393 e. The van der Waals surface area contributed by atoms with E-state index in [4.69, 9.17) is 9.47 Å². The minimum Gasteiger partial charge on any atom is -0.393 e. The Morgan fingerprint density at radius 1 is 1.27 bits per heavy atom. The number of aliphatic hydroxyl groups excluding tert-OH is 1. The first-order valence-electron chi connectivity index (χ1n) is 10.7. The van der Waals surface area contributed by atoms with E-state index in [-0.39, 0.29) is 18.6 Å². The molecule has 0 aromatic heterocycles. The van der Waals surface area contributed by atoms with Gasteiger partial charge in [-0.15, -0.1) is 13.2 Å². The van der Waals surface area contributed by atoms with Gasteiger partial charge < -0.3 is 19.7 Å². The first-order chi connectivity index (χ1) is 14.0. The molecule has 0 bridgehead atoms. The van der Waals surface area contributed by atoms with Gasteiger partial charge in [0.2, 0.25) is 0 Å². The Morgan fingerprint density at radius 3 is 2.43 bits per heavy atom. The molecule has 1 fully saturated rings. The molecule has 30 heavy (non-hydrogen) atoms. The van der Waals surface area contributed by atoms with E-state index in [0.717, 1.165) is 24.8 Å². The Bertz CT molecular complexity index is 671. The zero-order valence-electron chi connectivity index (χ0n) is 19.4. The van der Waals surface area contributed by atoms with Crippen molar-refractivity contribution in [1.82, 2.24) is 0 Å². The highest BCUT2D eigenvalue weighted by molar-refractivity contribution is 5.96. The number of allylic oxidation sites excluding steroid dienone is 4. The third-order valence-corrected chi connectivity index (χ3v) is 5.41. The van der Waals surface area contributed by atoms with Crippen LogP contribution in [0.4, 0.5) is 0 Å². The lowest BCUT2D eigenvalue weighted by Crippen LogP contribution is -2.57. The van der Waals surface area contributed by atoms with Gasteiger partial charge in [0.25, 0.3) is 0 Å². The number of fused-ring (bicyclic) bond motifs is 1. The van der Waals surface area contributed by atoms with Crippen molar-refractivity contribution < 1.29 is 24.5 Å². The maximum atomic E-state index is 11.8. The van der Waals surface area contributed by atoms with E-state index in [1.54, 1.807) is 13.0 Å². The van der Waals surface area contributed by atoms with Crippen LogP contribution in [0.15, 0.2) is 47.6 Å². The Kier molecular flexibility index (Phi) is 10.9. The Balaban J connectivity index is 0.000000424. The summed E-state index contributed by atoms with van der Waals surface area (Å²) in [6.45, 7) is 17.7. The van der Waals surface area contributed by atoms with Gasteiger partial charge in [0, 0.05) is 18.8 Å². The molecule has 0 amide bonds. The molecule has 0 saturated carbocycles. The number of hydrogen-bond acceptors (Lipinski definition) is 5. The summed E-state index contributed by atoms with van der Waals surface area (Å²) in [5.41, 5.74) is 2.98. The molecule has 1 aliphatic heterocycles. The first kappa shape index (κ1) is 26.5. The van der Waals surface area contributed by atoms with Crippen LogP contribution in [0.25, 0.3) is 0 Å². The average Bonchev–Trinajstić information content (AvgIpc) is 2.63. The lowest BCUT2D eigenvalue weighted by molar-refractivity contribution is -0.261. The van der Waals surface area contributed by atoms with Crippen LogP contribution in [0.2, 0.25) is 0 Å². The summed E-state index contributed by atoms with van der Waals surface area (Å²) in [5, 5.41) is 20.2. The first-order valence-corrected chi connectivity index (χ1v) is 10.7. The van der Waals surface area contributed by atoms with Crippen molar-refractivity contribution in [3.05, 3.63) is 47.6 Å². The predicted octanol–water partition coefficient (Wildman–Crippen LogP) is 4.65. The van der Waals surface area contributed by atoms with Crippen molar-refractivity contribution in [3.63, 3.8) is 0 Å². The van der Waals surface area contributed by atoms with Crippen LogP contribution in [0.3, 0.4) is 0 Å². The standard InChI is InChI=1S/C16H24O5.C9H16/c1-10(2)4-5-20-15-8-16(19,9-17)12-7-13(18)11(3)6-14(12)21-15;1-8(2)6-5-7-9(3)4/h6,12,14-15,17,19H,1,4-5,7-9H2,2-3H3;7H,1,5-6H2,2-4H3/t12?,14?,15?,16-;/m0./s1. The fourth-order valence-corrected chi connectivity index (χ4v) is 3.48. The Hall–Kier alpha value is -1.53. The molecule has 5 nitrogen and oxygen atoms in total. The van der Waals surface area contributed by atoms with E-state index in [2.05, 4.69) is 40.0 Å². The number of hydrogen-bond donors (Lipinski definition) is 2. The second-order valence-corrected chi connectivity index (χ2v) is 8.93. The molecule has 0 radical (unpaired) electrons. The van der Waals surface area contributed by atoms with Gasteiger partial charge in [-0.3, -0.25) is 4.79 Å². The number of rotatable bonds is 8. The highest BCUT2D eigenvalue weighted by Crippen LogP contribution is 2.40. The molecule has 5 heteroatoms. The monoisotopic (exact) mass is 420 g/mol. The SMILES string of the molecule is C=C(C)CCC=C(C)C.C=C(C)CCOC1C[C@](O)(CO)C2CC(=O)C(C)=CC2O1. The molecule has 1 aliphatic carbocycles. The van der Waals surface area contributed by atoms with Gasteiger partial charge in [-0.1, -0.05) is 22.8 Å². The highest BCUT2D eigenvalue weighted by Gasteiger charge is 2.50. The molecular weight excluding hydrogens is 380 g/mol. The molecule has 0 aromatic carbocycles. The molecule has 3 unspecified atom stereocenters. The van der Waals surface area contributed by atoms with E-state index in [9.17, 15) is 15.0 Å². The highest BCUT2D eigenvalue weighted by atomic mass is 16.7. The van der Waals surface area contributed by atoms with Crippen molar-refractivity contribution in [2.45, 2.75) is 84.7 Å². The van der Waals surface area contributed by atoms with Crippen molar-refractivity contribution >= 4 is 5.78 Å². The van der Waals surface area contributed by atoms with E-state index >= 15 is 0 Å². The summed E-state index contributed by atoms with van der Waals surface area (Å²) in [4.78, 5) is 11.8. The second kappa shape index (κ2) is 12.4. The fraction of sp³-hybridized carbons (Fsp3) is 0.640. The molecule has 0 spiro atoms. The molecule has 4 atom stereocenters. The van der Waals surface area contributed by atoms with Gasteiger partial charge in [-0.05, 0) is 65.5 Å². The summed E-state index contributed by atoms with van der Waals surface area (Å²) >= 11 is 0. The summed E-state index contributed by atoms with van der Waals surface area (Å²) in [6, 6.07) is 0. The predicted molar refractivity (Wildman–Crippen MR) is 121 cm³/mol. The van der Waals surface area contributed by atoms with Crippen LogP contribution in [0.1, 0.15) is 66.7 Å². The summed E-state index contributed by atoms with van der Waals surface area (Å²) in [6.07, 6.45) is 6.36. The fourth-order valence-electron chi connectivity index (χ4n) is 3.48. The molecule has 2 N–H and O–H groups in total. The number of ketones is 1. The van der Waals surface area contributed by atoms with Crippen LogP contribution < -0.4 is 0 Å². The van der Waals surface area contributed by atoms with Gasteiger partial charge in [0.1, 0.15) is 0 Å². The second-order valence-electron chi connectivity index (χ2n) is 8.93. The van der Waals surface area contributed by atoms with Crippen molar-refractivity contribution in [2.75, 3.05) is 13.2 Å². The zero-order valence-corrected chi connectivity index (χ0v) is 19.4. The summed E-state index contributed by atoms with van der Waals surface area (Å²) in [7, 11) is 0. The molecule has 2 aliphatic rings. The lowest BCUT2D eigenvalue weighted by Gasteiger charge is -2.47. The molecule has 1 saturated heterocycles. The molecule has 0 aromatic rings. The van der Waals surface area contributed by atoms with Crippen molar-refractivity contribution in [3.8, 4) is 0 Å². The van der Waals surface area contributed by atoms with Gasteiger partial charge in [0.15, 0.2) is 12.1 Å². The van der Waals surface area contributed by atoms with E-state index < -0.39 is 30.5 Å². The normalized spacial score (nSPS) is 27.9. The summed E-state index contributed by atoms with van der Waals surface area (Å²) in [5.74, 6) is -0.423. The number of aliphatic hydroxyl groups is 2. The molecule has 2 rings (SSSR count). The third kappa shape index (κ3) is 8.68. The van der Waals surface area contributed by atoms with E-state index in [1.807, 2.05) is 6.92 Å². The Morgan fingerprint density at radius 2 is 1.90 bits per heavy atom. The van der Waals surface area contributed by atoms with Gasteiger partial charge in [-0.25, -0.2) is 0 Å². The third-order valence-electron chi connectivity index (χ3n) is 5.41. The molecule has 1 heterocycles. The zero-order chi connectivity index (χ0) is 22.9. The minimum atomic E-state index is -1.34. The van der Waals surface area contributed by atoms with Crippen LogP contribution in [-0.2, 0) is 14.3 Å². The van der Waals surface area contributed by atoms with E-state index in [0.29, 0.717) is 12.2 Å². The maximum absolute atomic E-state index is 11.8. The van der Waals surface area contributed by atoms with Crippen molar-refractivity contribution in [1.29, 1.82) is 0 Å². The van der Waals surface area contributed by atoms with Gasteiger partial charge >= 0.3 is 0 Å². The van der Waals surface area contributed by atoms with Gasteiger partial charge in [-0.2, -0.15) is 0 Å². The van der Waals surface area contributed by atoms with Gasteiger partial charge in [0.05, 0.1) is 24.9 Å². The van der Waals surface area contributed by atoms with Crippen LogP contribution in [0.5, 0.6) is 0 Å². The number of carbonyl (C=O) groups is 1. The topological polar surface area (TPSA) is 76.0 Å². The van der Waals surface area contributed by atoms with E-state index in [1.165, 1.54) is 11.1 Å². The van der Waals surface area contributed by atoms with Crippen LogP contribution >= 0.6 is 0 Å². The number of carbonyl (C=O) groups excluding carboxylic acids is 1. The maximum Gasteiger partial charge on any atom is 0.161 e. The summed E-state index contributed by atoms with van der Waals surface area (Å²) < 4.78 is 11.5. The Labute approximate surface area is 182 Å².